The number of nitrogen functional groups attached to an aromatic ring is 1. The van der Waals surface area contributed by atoms with E-state index in [1.165, 1.54) is 11.6 Å². The largest absolute Gasteiger partial charge is 0.378 e. The number of imidazole rings is 1. The van der Waals surface area contributed by atoms with Crippen LogP contribution in [0.4, 0.5) is 17.5 Å². The van der Waals surface area contributed by atoms with Gasteiger partial charge in [0.1, 0.15) is 5.65 Å². The molecule has 3 N–H and O–H groups in total. The van der Waals surface area contributed by atoms with Crippen LogP contribution in [-0.2, 0) is 6.42 Å². The van der Waals surface area contributed by atoms with Crippen molar-refractivity contribution in [2.45, 2.75) is 32.6 Å². The first kappa shape index (κ1) is 21.2. The van der Waals surface area contributed by atoms with Gasteiger partial charge in [-0.1, -0.05) is 38.1 Å². The number of rotatable bonds is 8. The number of pyridine rings is 1. The molecule has 0 bridgehead atoms. The zero-order valence-electron chi connectivity index (χ0n) is 18.0. The fraction of sp³-hybridized carbons (Fsp3) is 0.261. The van der Waals surface area contributed by atoms with Crippen LogP contribution in [-0.4, -0.2) is 30.8 Å². The molecule has 4 aromatic rings. The number of benzene rings is 1. The van der Waals surface area contributed by atoms with Crippen molar-refractivity contribution in [3.63, 3.8) is 0 Å². The molecule has 0 spiro atoms. The fourth-order valence-electron chi connectivity index (χ4n) is 3.51. The van der Waals surface area contributed by atoms with Crippen LogP contribution in [0.25, 0.3) is 16.9 Å². The summed E-state index contributed by atoms with van der Waals surface area (Å²) in [6, 6.07) is 13.5. The molecule has 0 fully saturated rings. The molecule has 9 nitrogen and oxygen atoms in total. The molecule has 0 aliphatic heterocycles. The third kappa shape index (κ3) is 4.51. The van der Waals surface area contributed by atoms with Crippen molar-refractivity contribution >= 4 is 23.1 Å². The smallest absolute Gasteiger partial charge is 0.311 e. The van der Waals surface area contributed by atoms with E-state index < -0.39 is 4.92 Å². The summed E-state index contributed by atoms with van der Waals surface area (Å²) in [5.74, 6) is 1.13. The van der Waals surface area contributed by atoms with E-state index in [0.29, 0.717) is 24.8 Å². The maximum absolute atomic E-state index is 10.9. The van der Waals surface area contributed by atoms with Crippen LogP contribution in [0.1, 0.15) is 37.4 Å². The van der Waals surface area contributed by atoms with Crippen LogP contribution in [0.2, 0.25) is 0 Å². The second kappa shape index (κ2) is 9.01. The summed E-state index contributed by atoms with van der Waals surface area (Å²) in [5, 5.41) is 14.2. The summed E-state index contributed by atoms with van der Waals surface area (Å²) in [7, 11) is 0. The highest BCUT2D eigenvalue weighted by atomic mass is 16.6. The molecule has 4 rings (SSSR count). The first-order valence-electron chi connectivity index (χ1n) is 10.5. The lowest BCUT2D eigenvalue weighted by Gasteiger charge is -2.11. The van der Waals surface area contributed by atoms with Crippen LogP contribution in [0.5, 0.6) is 0 Å². The van der Waals surface area contributed by atoms with E-state index in [4.69, 9.17) is 10.7 Å². The molecule has 0 amide bonds. The lowest BCUT2D eigenvalue weighted by atomic mass is 10.0. The lowest BCUT2D eigenvalue weighted by Crippen LogP contribution is -2.10. The van der Waals surface area contributed by atoms with E-state index in [9.17, 15) is 10.1 Å². The summed E-state index contributed by atoms with van der Waals surface area (Å²) in [6.07, 6.45) is 5.01. The summed E-state index contributed by atoms with van der Waals surface area (Å²) < 4.78 is 1.91. The third-order valence-electron chi connectivity index (χ3n) is 5.31. The number of aromatic nitrogens is 4. The fourth-order valence-corrected chi connectivity index (χ4v) is 3.51. The van der Waals surface area contributed by atoms with Crippen molar-refractivity contribution in [1.29, 1.82) is 0 Å². The van der Waals surface area contributed by atoms with Crippen molar-refractivity contribution < 1.29 is 4.92 Å². The van der Waals surface area contributed by atoms with Crippen molar-refractivity contribution in [3.05, 3.63) is 76.2 Å². The average molecular weight is 432 g/mol. The van der Waals surface area contributed by atoms with Gasteiger partial charge in [0.25, 0.3) is 0 Å². The molecule has 0 saturated heterocycles. The minimum atomic E-state index is -0.529. The third-order valence-corrected chi connectivity index (χ3v) is 5.31. The topological polar surface area (TPSA) is 124 Å². The molecule has 0 radical (unpaired) electrons. The van der Waals surface area contributed by atoms with Crippen LogP contribution in [0.15, 0.2) is 54.9 Å². The normalized spacial score (nSPS) is 11.2. The van der Waals surface area contributed by atoms with Gasteiger partial charge in [-0.25, -0.2) is 15.0 Å². The quantitative estimate of drug-likeness (QED) is 0.240. The summed E-state index contributed by atoms with van der Waals surface area (Å²) in [6.45, 7) is 4.99. The summed E-state index contributed by atoms with van der Waals surface area (Å²) in [5.41, 5.74) is 10.2. The second-order valence-electron chi connectivity index (χ2n) is 7.89. The predicted octanol–water partition coefficient (Wildman–Crippen LogP) is 4.45. The number of nitrogens with two attached hydrogens (primary N) is 1. The molecule has 0 saturated carbocycles. The summed E-state index contributed by atoms with van der Waals surface area (Å²) in [4.78, 5) is 23.7. The first-order chi connectivity index (χ1) is 15.4. The predicted molar refractivity (Wildman–Crippen MR) is 125 cm³/mol. The number of anilines is 2. The number of nitrogens with one attached hydrogen (secondary N) is 1. The summed E-state index contributed by atoms with van der Waals surface area (Å²) >= 11 is 0. The van der Waals surface area contributed by atoms with Crippen molar-refractivity contribution in [2.24, 2.45) is 0 Å². The van der Waals surface area contributed by atoms with E-state index >= 15 is 0 Å². The van der Waals surface area contributed by atoms with Crippen LogP contribution < -0.4 is 11.1 Å². The van der Waals surface area contributed by atoms with Crippen molar-refractivity contribution in [3.8, 4) is 11.3 Å². The molecular weight excluding hydrogens is 406 g/mol. The molecule has 0 aliphatic carbocycles. The van der Waals surface area contributed by atoms with E-state index in [2.05, 4.69) is 53.4 Å². The van der Waals surface area contributed by atoms with Gasteiger partial charge in [-0.2, -0.15) is 0 Å². The standard InChI is InChI=1S/C23H25N7O2/c1-15(2)16-5-7-17(8-6-16)19-14-21-25-12-13-29(21)23(28-19)26-11-3-4-18-9-10-20(30(31)32)22(24)27-18/h5-10,12-15H,3-4,11H2,1-2H3,(H2,24,27)(H,26,28). The van der Waals surface area contributed by atoms with Gasteiger partial charge >= 0.3 is 5.69 Å². The number of fused-ring (bicyclic) bond motifs is 1. The highest BCUT2D eigenvalue weighted by molar-refractivity contribution is 5.66. The zero-order valence-corrected chi connectivity index (χ0v) is 18.0. The Morgan fingerprint density at radius 2 is 1.94 bits per heavy atom. The van der Waals surface area contributed by atoms with Crippen LogP contribution in [0.3, 0.4) is 0 Å². The van der Waals surface area contributed by atoms with Gasteiger partial charge in [-0.15, -0.1) is 0 Å². The van der Waals surface area contributed by atoms with Gasteiger partial charge in [0.05, 0.1) is 10.6 Å². The Kier molecular flexibility index (Phi) is 5.98. The number of nitro groups is 1. The highest BCUT2D eigenvalue weighted by Gasteiger charge is 2.13. The Morgan fingerprint density at radius 3 is 2.62 bits per heavy atom. The number of aryl methyl sites for hydroxylation is 1. The maximum Gasteiger partial charge on any atom is 0.311 e. The van der Waals surface area contributed by atoms with Crippen molar-refractivity contribution in [2.75, 3.05) is 17.6 Å². The second-order valence-corrected chi connectivity index (χ2v) is 7.89. The lowest BCUT2D eigenvalue weighted by molar-refractivity contribution is -0.384. The van der Waals surface area contributed by atoms with Gasteiger partial charge in [-0.3, -0.25) is 14.5 Å². The average Bonchev–Trinajstić information content (AvgIpc) is 3.25. The molecule has 3 heterocycles. The van der Waals surface area contributed by atoms with Gasteiger partial charge in [0.2, 0.25) is 11.8 Å². The molecule has 0 unspecified atom stereocenters. The highest BCUT2D eigenvalue weighted by Crippen LogP contribution is 2.24. The first-order valence-corrected chi connectivity index (χ1v) is 10.5. The van der Waals surface area contributed by atoms with Crippen LogP contribution >= 0.6 is 0 Å². The number of nitrogens with zero attached hydrogens (tertiary/aromatic N) is 5. The van der Waals surface area contributed by atoms with Gasteiger partial charge in [0.15, 0.2) is 0 Å². The Bertz CT molecular complexity index is 1250. The Morgan fingerprint density at radius 1 is 1.16 bits per heavy atom. The molecule has 9 heteroatoms. The minimum Gasteiger partial charge on any atom is -0.378 e. The molecule has 0 atom stereocenters. The Balaban J connectivity index is 1.46. The minimum absolute atomic E-state index is 0.0570. The Labute approximate surface area is 185 Å². The number of hydrogen-bond donors (Lipinski definition) is 2. The maximum atomic E-state index is 10.9. The van der Waals surface area contributed by atoms with Gasteiger partial charge in [0, 0.05) is 42.3 Å². The van der Waals surface area contributed by atoms with Gasteiger partial charge in [-0.05, 0) is 30.4 Å². The van der Waals surface area contributed by atoms with E-state index in [1.807, 2.05) is 16.7 Å². The molecule has 164 valence electrons. The number of hydrogen-bond acceptors (Lipinski definition) is 7. The molecule has 1 aromatic carbocycles. The van der Waals surface area contributed by atoms with Crippen LogP contribution in [0, 0.1) is 10.1 Å². The van der Waals surface area contributed by atoms with Gasteiger partial charge < -0.3 is 11.1 Å². The molecule has 32 heavy (non-hydrogen) atoms. The van der Waals surface area contributed by atoms with Crippen molar-refractivity contribution in [1.82, 2.24) is 19.4 Å². The Hall–Kier alpha value is -4.01. The molecule has 3 aromatic heterocycles. The molecule has 0 aliphatic rings. The SMILES string of the molecule is CC(C)c1ccc(-c2cc3nccn3c(NCCCc3ccc([N+](=O)[O-])c(N)n3)n2)cc1. The van der Waals surface area contributed by atoms with E-state index in [-0.39, 0.29) is 11.5 Å². The zero-order chi connectivity index (χ0) is 22.7. The monoisotopic (exact) mass is 431 g/mol. The van der Waals surface area contributed by atoms with E-state index in [1.54, 1.807) is 12.3 Å². The van der Waals surface area contributed by atoms with E-state index in [0.717, 1.165) is 29.0 Å². The molecular formula is C23H25N7O2.